The van der Waals surface area contributed by atoms with Crippen LogP contribution in [-0.4, -0.2) is 47.0 Å². The fourth-order valence-corrected chi connectivity index (χ4v) is 1.71. The molecule has 110 valence electrons. The average molecular weight is 280 g/mol. The van der Waals surface area contributed by atoms with Gasteiger partial charge in [-0.25, -0.2) is 5.10 Å². The molecule has 0 saturated carbocycles. The van der Waals surface area contributed by atoms with E-state index in [1.807, 2.05) is 13.8 Å². The molecule has 7 nitrogen and oxygen atoms in total. The number of rotatable bonds is 5. The van der Waals surface area contributed by atoms with Gasteiger partial charge in [0.05, 0.1) is 0 Å². The van der Waals surface area contributed by atoms with Gasteiger partial charge < -0.3 is 10.2 Å². The third kappa shape index (κ3) is 4.49. The van der Waals surface area contributed by atoms with Crippen molar-refractivity contribution in [3.63, 3.8) is 0 Å². The number of aromatic amines is 1. The number of carbonyl (C=O) groups excluding carboxylic acids is 2. The van der Waals surface area contributed by atoms with Gasteiger partial charge in [-0.2, -0.15) is 5.10 Å². The normalized spacial score (nSPS) is 12.1. The molecule has 0 aliphatic heterocycles. The first kappa shape index (κ1) is 15.9. The molecular weight excluding hydrogens is 260 g/mol. The Morgan fingerprint density at radius 3 is 2.45 bits per heavy atom. The third-order valence-electron chi connectivity index (χ3n) is 2.66. The Morgan fingerprint density at radius 1 is 1.35 bits per heavy atom. The number of likely N-dealkylation sites (N-methyl/N-ethyl adjacent to an activating group) is 1. The Bertz CT molecular complexity index is 516. The van der Waals surface area contributed by atoms with Crippen molar-refractivity contribution in [3.8, 4) is 0 Å². The van der Waals surface area contributed by atoms with E-state index in [0.29, 0.717) is 6.42 Å². The summed E-state index contributed by atoms with van der Waals surface area (Å²) in [7, 11) is 3.28. The second-order valence-corrected chi connectivity index (χ2v) is 5.19. The standard InChI is InChI=1S/C13H20N4O3/c1-8(2)7-10(13(20)17(3)4)14-12(19)9-5-6-11(18)16-15-9/h5-6,8,10H,7H2,1-4H3,(H,14,19)(H,16,18). The van der Waals surface area contributed by atoms with Crippen molar-refractivity contribution < 1.29 is 9.59 Å². The van der Waals surface area contributed by atoms with Gasteiger partial charge in [-0.05, 0) is 18.4 Å². The summed E-state index contributed by atoms with van der Waals surface area (Å²) in [6, 6.07) is 1.93. The van der Waals surface area contributed by atoms with Crippen molar-refractivity contribution in [2.24, 2.45) is 5.92 Å². The van der Waals surface area contributed by atoms with Crippen LogP contribution in [0.1, 0.15) is 30.8 Å². The summed E-state index contributed by atoms with van der Waals surface area (Å²) in [5.74, 6) is -0.397. The van der Waals surface area contributed by atoms with Crippen LogP contribution in [0.2, 0.25) is 0 Å². The molecule has 1 heterocycles. The predicted molar refractivity (Wildman–Crippen MR) is 74.3 cm³/mol. The molecule has 1 aromatic heterocycles. The number of amides is 2. The van der Waals surface area contributed by atoms with E-state index in [4.69, 9.17) is 0 Å². The average Bonchev–Trinajstić information content (AvgIpc) is 2.37. The van der Waals surface area contributed by atoms with Crippen LogP contribution >= 0.6 is 0 Å². The van der Waals surface area contributed by atoms with Crippen molar-refractivity contribution >= 4 is 11.8 Å². The quantitative estimate of drug-likeness (QED) is 0.793. The van der Waals surface area contributed by atoms with E-state index in [1.165, 1.54) is 17.0 Å². The molecule has 0 saturated heterocycles. The van der Waals surface area contributed by atoms with Crippen molar-refractivity contribution in [1.82, 2.24) is 20.4 Å². The Labute approximate surface area is 117 Å². The summed E-state index contributed by atoms with van der Waals surface area (Å²) in [6.45, 7) is 3.95. The maximum absolute atomic E-state index is 12.0. The minimum atomic E-state index is -0.605. The highest BCUT2D eigenvalue weighted by Crippen LogP contribution is 2.07. The summed E-state index contributed by atoms with van der Waals surface area (Å²) >= 11 is 0. The van der Waals surface area contributed by atoms with E-state index < -0.39 is 11.9 Å². The highest BCUT2D eigenvalue weighted by atomic mass is 16.2. The lowest BCUT2D eigenvalue weighted by atomic mass is 10.0. The van der Waals surface area contributed by atoms with E-state index in [-0.39, 0.29) is 23.1 Å². The van der Waals surface area contributed by atoms with E-state index in [1.54, 1.807) is 14.1 Å². The Morgan fingerprint density at radius 2 is 2.00 bits per heavy atom. The van der Waals surface area contributed by atoms with Gasteiger partial charge in [-0.1, -0.05) is 13.8 Å². The van der Waals surface area contributed by atoms with Crippen LogP contribution in [0.5, 0.6) is 0 Å². The van der Waals surface area contributed by atoms with Gasteiger partial charge in [0, 0.05) is 20.2 Å². The maximum Gasteiger partial charge on any atom is 0.272 e. The maximum atomic E-state index is 12.0. The topological polar surface area (TPSA) is 95.2 Å². The minimum absolute atomic E-state index is 0.0740. The van der Waals surface area contributed by atoms with Gasteiger partial charge in [0.15, 0.2) is 0 Å². The van der Waals surface area contributed by atoms with E-state index >= 15 is 0 Å². The van der Waals surface area contributed by atoms with Crippen LogP contribution in [0.4, 0.5) is 0 Å². The summed E-state index contributed by atoms with van der Waals surface area (Å²) in [6.07, 6.45) is 0.534. The number of hydrogen-bond donors (Lipinski definition) is 2. The van der Waals surface area contributed by atoms with Crippen molar-refractivity contribution in [2.75, 3.05) is 14.1 Å². The van der Waals surface area contributed by atoms with E-state index in [2.05, 4.69) is 15.5 Å². The van der Waals surface area contributed by atoms with Crippen molar-refractivity contribution in [2.45, 2.75) is 26.3 Å². The van der Waals surface area contributed by atoms with Gasteiger partial charge in [-0.15, -0.1) is 0 Å². The molecule has 2 N–H and O–H groups in total. The van der Waals surface area contributed by atoms with Gasteiger partial charge >= 0.3 is 0 Å². The molecular formula is C13H20N4O3. The Hall–Kier alpha value is -2.18. The molecule has 1 rings (SSSR count). The van der Waals surface area contributed by atoms with Crippen LogP contribution in [0.25, 0.3) is 0 Å². The lowest BCUT2D eigenvalue weighted by Crippen LogP contribution is -2.47. The molecule has 2 amide bonds. The predicted octanol–water partition coefficient (Wildman–Crippen LogP) is 0.00260. The molecule has 1 unspecified atom stereocenters. The Kier molecular flexibility index (Phi) is 5.42. The largest absolute Gasteiger partial charge is 0.347 e. The summed E-state index contributed by atoms with van der Waals surface area (Å²) < 4.78 is 0. The molecule has 0 bridgehead atoms. The molecule has 0 spiro atoms. The molecule has 20 heavy (non-hydrogen) atoms. The lowest BCUT2D eigenvalue weighted by molar-refractivity contribution is -0.131. The monoisotopic (exact) mass is 280 g/mol. The molecule has 0 aromatic carbocycles. The number of nitrogens with zero attached hydrogens (tertiary/aromatic N) is 2. The van der Waals surface area contributed by atoms with Crippen LogP contribution in [0.15, 0.2) is 16.9 Å². The highest BCUT2D eigenvalue weighted by Gasteiger charge is 2.24. The van der Waals surface area contributed by atoms with Gasteiger partial charge in [0.1, 0.15) is 11.7 Å². The Balaban J connectivity index is 2.83. The SMILES string of the molecule is CC(C)CC(NC(=O)c1ccc(=O)[nH]n1)C(=O)N(C)C. The fraction of sp³-hybridized carbons (Fsp3) is 0.538. The fourth-order valence-electron chi connectivity index (χ4n) is 1.71. The first-order chi connectivity index (χ1) is 9.31. The number of H-pyrrole nitrogens is 1. The number of carbonyl (C=O) groups is 2. The zero-order valence-electron chi connectivity index (χ0n) is 12.1. The molecule has 0 aliphatic rings. The number of hydrogen-bond acceptors (Lipinski definition) is 4. The lowest BCUT2D eigenvalue weighted by Gasteiger charge is -2.22. The molecule has 0 radical (unpaired) electrons. The van der Waals surface area contributed by atoms with Gasteiger partial charge in [-0.3, -0.25) is 14.4 Å². The van der Waals surface area contributed by atoms with Gasteiger partial charge in [0.2, 0.25) is 5.91 Å². The third-order valence-corrected chi connectivity index (χ3v) is 2.66. The van der Waals surface area contributed by atoms with Crippen molar-refractivity contribution in [1.29, 1.82) is 0 Å². The zero-order chi connectivity index (χ0) is 15.3. The van der Waals surface area contributed by atoms with Crippen LogP contribution < -0.4 is 10.9 Å². The first-order valence-electron chi connectivity index (χ1n) is 6.39. The smallest absolute Gasteiger partial charge is 0.272 e. The molecule has 0 fully saturated rings. The van der Waals surface area contributed by atoms with Crippen LogP contribution in [-0.2, 0) is 4.79 Å². The zero-order valence-corrected chi connectivity index (χ0v) is 12.1. The van der Waals surface area contributed by atoms with E-state index in [9.17, 15) is 14.4 Å². The highest BCUT2D eigenvalue weighted by molar-refractivity contribution is 5.95. The summed E-state index contributed by atoms with van der Waals surface area (Å²) in [5.41, 5.74) is -0.311. The van der Waals surface area contributed by atoms with Gasteiger partial charge in [0.25, 0.3) is 11.5 Å². The molecule has 7 heteroatoms. The first-order valence-corrected chi connectivity index (χ1v) is 6.39. The molecule has 1 atom stereocenters. The summed E-state index contributed by atoms with van der Waals surface area (Å²) in [5, 5.41) is 8.48. The van der Waals surface area contributed by atoms with Crippen molar-refractivity contribution in [3.05, 3.63) is 28.2 Å². The minimum Gasteiger partial charge on any atom is -0.347 e. The van der Waals surface area contributed by atoms with Crippen LogP contribution in [0, 0.1) is 5.92 Å². The number of aromatic nitrogens is 2. The second kappa shape index (κ2) is 6.83. The van der Waals surface area contributed by atoms with Crippen LogP contribution in [0.3, 0.4) is 0 Å². The summed E-state index contributed by atoms with van der Waals surface area (Å²) in [4.78, 5) is 36.4. The molecule has 0 aliphatic carbocycles. The molecule has 1 aromatic rings. The number of nitrogens with one attached hydrogen (secondary N) is 2. The van der Waals surface area contributed by atoms with E-state index in [0.717, 1.165) is 0 Å². The second-order valence-electron chi connectivity index (χ2n) is 5.19.